The highest BCUT2D eigenvalue weighted by molar-refractivity contribution is 5.80. The second-order valence-corrected chi connectivity index (χ2v) is 2.68. The van der Waals surface area contributed by atoms with Crippen molar-refractivity contribution in [1.82, 2.24) is 0 Å². The fourth-order valence-electron chi connectivity index (χ4n) is 1.07. The largest absolute Gasteiger partial charge is 0.478 e. The van der Waals surface area contributed by atoms with Gasteiger partial charge in [-0.15, -0.1) is 0 Å². The predicted octanol–water partition coefficient (Wildman–Crippen LogP) is 1.36. The van der Waals surface area contributed by atoms with Gasteiger partial charge in [0.25, 0.3) is 0 Å². The third kappa shape index (κ3) is 3.34. The lowest BCUT2D eigenvalue weighted by atomic mass is 10.1. The van der Waals surface area contributed by atoms with Gasteiger partial charge in [0.1, 0.15) is 0 Å². The van der Waals surface area contributed by atoms with Crippen LogP contribution in [-0.2, 0) is 9.53 Å². The van der Waals surface area contributed by atoms with E-state index < -0.39 is 5.97 Å². The van der Waals surface area contributed by atoms with Gasteiger partial charge in [0.2, 0.25) is 0 Å². The molecule has 1 aliphatic heterocycles. The number of hydrogen-bond acceptors (Lipinski definition) is 2. The maximum atomic E-state index is 10.1. The molecule has 0 bridgehead atoms. The standard InChI is InChI=1S/C9H12O3/c10-9(11)5-1-3-8-4-2-6-12-7-8/h1,3,5H,2,4,6-7H2,(H,10,11)/b5-1+,8-3-. The quantitative estimate of drug-likeness (QED) is 0.633. The second-order valence-electron chi connectivity index (χ2n) is 2.68. The molecular weight excluding hydrogens is 156 g/mol. The molecule has 3 heteroatoms. The van der Waals surface area contributed by atoms with Crippen LogP contribution < -0.4 is 0 Å². The van der Waals surface area contributed by atoms with Gasteiger partial charge in [-0.1, -0.05) is 12.2 Å². The van der Waals surface area contributed by atoms with E-state index >= 15 is 0 Å². The van der Waals surface area contributed by atoms with Crippen LogP contribution in [0.2, 0.25) is 0 Å². The molecule has 66 valence electrons. The summed E-state index contributed by atoms with van der Waals surface area (Å²) in [5.41, 5.74) is 1.17. The number of rotatable bonds is 2. The number of carbonyl (C=O) groups is 1. The Kier molecular flexibility index (Phi) is 3.54. The van der Waals surface area contributed by atoms with Gasteiger partial charge in [0.05, 0.1) is 6.61 Å². The van der Waals surface area contributed by atoms with Crippen molar-refractivity contribution in [3.63, 3.8) is 0 Å². The first-order valence-corrected chi connectivity index (χ1v) is 3.96. The van der Waals surface area contributed by atoms with Crippen LogP contribution >= 0.6 is 0 Å². The summed E-state index contributed by atoms with van der Waals surface area (Å²) in [7, 11) is 0. The number of hydrogen-bond donors (Lipinski definition) is 1. The Morgan fingerprint density at radius 1 is 1.58 bits per heavy atom. The molecule has 0 aromatic rings. The molecule has 1 heterocycles. The summed E-state index contributed by atoms with van der Waals surface area (Å²) in [4.78, 5) is 10.1. The number of carboxylic acid groups (broad SMARTS) is 1. The minimum Gasteiger partial charge on any atom is -0.478 e. The molecule has 0 aliphatic carbocycles. The second kappa shape index (κ2) is 4.72. The molecule has 0 spiro atoms. The summed E-state index contributed by atoms with van der Waals surface area (Å²) in [6.45, 7) is 1.46. The van der Waals surface area contributed by atoms with E-state index in [1.54, 1.807) is 6.08 Å². The van der Waals surface area contributed by atoms with Crippen molar-refractivity contribution >= 4 is 5.97 Å². The average molecular weight is 168 g/mol. The molecule has 1 N–H and O–H groups in total. The van der Waals surface area contributed by atoms with E-state index in [1.165, 1.54) is 5.57 Å². The van der Waals surface area contributed by atoms with Gasteiger partial charge >= 0.3 is 5.97 Å². The zero-order valence-electron chi connectivity index (χ0n) is 6.82. The van der Waals surface area contributed by atoms with Gasteiger partial charge in [0, 0.05) is 12.7 Å². The SMILES string of the molecule is O=C(O)/C=C/C=C1/CCCOC1. The minimum absolute atomic E-state index is 0.643. The fraction of sp³-hybridized carbons (Fsp3) is 0.444. The van der Waals surface area contributed by atoms with Crippen molar-refractivity contribution in [3.8, 4) is 0 Å². The van der Waals surface area contributed by atoms with Crippen LogP contribution in [-0.4, -0.2) is 24.3 Å². The van der Waals surface area contributed by atoms with Crippen molar-refractivity contribution in [3.05, 3.63) is 23.8 Å². The zero-order chi connectivity index (χ0) is 8.81. The van der Waals surface area contributed by atoms with Crippen LogP contribution in [0.5, 0.6) is 0 Å². The number of carboxylic acids is 1. The molecule has 3 nitrogen and oxygen atoms in total. The van der Waals surface area contributed by atoms with Crippen molar-refractivity contribution in [2.45, 2.75) is 12.8 Å². The van der Waals surface area contributed by atoms with E-state index in [2.05, 4.69) is 0 Å². The van der Waals surface area contributed by atoms with E-state index in [1.807, 2.05) is 6.08 Å². The molecule has 0 atom stereocenters. The Morgan fingerprint density at radius 3 is 3.00 bits per heavy atom. The topological polar surface area (TPSA) is 46.5 Å². The maximum Gasteiger partial charge on any atom is 0.328 e. The zero-order valence-corrected chi connectivity index (χ0v) is 6.82. The van der Waals surface area contributed by atoms with Gasteiger partial charge in [-0.2, -0.15) is 0 Å². The highest BCUT2D eigenvalue weighted by Gasteiger charge is 2.03. The first kappa shape index (κ1) is 9.00. The Balaban J connectivity index is 2.39. The number of allylic oxidation sites excluding steroid dienone is 2. The lowest BCUT2D eigenvalue weighted by Crippen LogP contribution is -2.07. The van der Waals surface area contributed by atoms with Crippen LogP contribution in [0.1, 0.15) is 12.8 Å². The summed E-state index contributed by atoms with van der Waals surface area (Å²) >= 11 is 0. The van der Waals surface area contributed by atoms with Crippen molar-refractivity contribution in [2.75, 3.05) is 13.2 Å². The highest BCUT2D eigenvalue weighted by atomic mass is 16.5. The normalized spacial score (nSPS) is 21.8. The van der Waals surface area contributed by atoms with E-state index in [9.17, 15) is 4.79 Å². The van der Waals surface area contributed by atoms with E-state index in [0.717, 1.165) is 25.5 Å². The molecule has 0 saturated carbocycles. The van der Waals surface area contributed by atoms with Crippen LogP contribution in [0.25, 0.3) is 0 Å². The molecule has 1 saturated heterocycles. The average Bonchev–Trinajstić information content (AvgIpc) is 2.05. The monoisotopic (exact) mass is 168 g/mol. The molecule has 1 rings (SSSR count). The number of aliphatic carboxylic acids is 1. The first-order chi connectivity index (χ1) is 5.79. The lowest BCUT2D eigenvalue weighted by Gasteiger charge is -2.13. The Morgan fingerprint density at radius 2 is 2.42 bits per heavy atom. The highest BCUT2D eigenvalue weighted by Crippen LogP contribution is 2.11. The van der Waals surface area contributed by atoms with Gasteiger partial charge < -0.3 is 9.84 Å². The van der Waals surface area contributed by atoms with E-state index in [-0.39, 0.29) is 0 Å². The summed E-state index contributed by atoms with van der Waals surface area (Å²) in [5.74, 6) is -0.913. The molecule has 1 fully saturated rings. The number of ether oxygens (including phenoxy) is 1. The maximum absolute atomic E-state index is 10.1. The molecular formula is C9H12O3. The third-order valence-electron chi connectivity index (χ3n) is 1.64. The van der Waals surface area contributed by atoms with Gasteiger partial charge in [-0.25, -0.2) is 4.79 Å². The Labute approximate surface area is 71.3 Å². The van der Waals surface area contributed by atoms with Gasteiger partial charge in [-0.3, -0.25) is 0 Å². The summed E-state index contributed by atoms with van der Waals surface area (Å²) in [6, 6.07) is 0. The van der Waals surface area contributed by atoms with Crippen LogP contribution in [0.15, 0.2) is 23.8 Å². The van der Waals surface area contributed by atoms with Crippen molar-refractivity contribution in [1.29, 1.82) is 0 Å². The van der Waals surface area contributed by atoms with Crippen LogP contribution in [0.4, 0.5) is 0 Å². The predicted molar refractivity (Wildman–Crippen MR) is 44.9 cm³/mol. The summed E-state index contributed by atoms with van der Waals surface area (Å²) in [6.07, 6.45) is 6.54. The fourth-order valence-corrected chi connectivity index (χ4v) is 1.07. The van der Waals surface area contributed by atoms with Crippen LogP contribution in [0.3, 0.4) is 0 Å². The molecule has 0 unspecified atom stereocenters. The lowest BCUT2D eigenvalue weighted by molar-refractivity contribution is -0.131. The first-order valence-electron chi connectivity index (χ1n) is 3.96. The minimum atomic E-state index is -0.913. The third-order valence-corrected chi connectivity index (χ3v) is 1.64. The van der Waals surface area contributed by atoms with E-state index in [0.29, 0.717) is 6.61 Å². The molecule has 0 radical (unpaired) electrons. The van der Waals surface area contributed by atoms with E-state index in [4.69, 9.17) is 9.84 Å². The summed E-state index contributed by atoms with van der Waals surface area (Å²) < 4.78 is 5.19. The Hall–Kier alpha value is -1.09. The molecule has 12 heavy (non-hydrogen) atoms. The van der Waals surface area contributed by atoms with Crippen LogP contribution in [0, 0.1) is 0 Å². The van der Waals surface area contributed by atoms with Crippen molar-refractivity contribution < 1.29 is 14.6 Å². The smallest absolute Gasteiger partial charge is 0.328 e. The van der Waals surface area contributed by atoms with Gasteiger partial charge in [-0.05, 0) is 18.4 Å². The van der Waals surface area contributed by atoms with Crippen molar-refractivity contribution in [2.24, 2.45) is 0 Å². The molecule has 0 amide bonds. The van der Waals surface area contributed by atoms with Gasteiger partial charge in [0.15, 0.2) is 0 Å². The molecule has 1 aliphatic rings. The summed E-state index contributed by atoms with van der Waals surface area (Å²) in [5, 5.41) is 8.30. The molecule has 0 aromatic carbocycles. The Bertz CT molecular complexity index is 208. The molecule has 0 aromatic heterocycles.